The smallest absolute Gasteiger partial charge is 0.264 e. The van der Waals surface area contributed by atoms with E-state index in [1.807, 2.05) is 47.2 Å². The molecule has 3 aromatic rings. The number of benzene rings is 1. The zero-order valence-electron chi connectivity index (χ0n) is 14.0. The van der Waals surface area contributed by atoms with Crippen LogP contribution in [0.4, 0.5) is 0 Å². The first-order valence-electron chi connectivity index (χ1n) is 8.40. The number of amides is 1. The number of aromatic nitrogens is 3. The van der Waals surface area contributed by atoms with E-state index in [0.29, 0.717) is 24.6 Å². The number of pyridine rings is 1. The lowest BCUT2D eigenvalue weighted by molar-refractivity contribution is -0.130. The zero-order chi connectivity index (χ0) is 17.8. The fourth-order valence-electron chi connectivity index (χ4n) is 2.78. The number of ether oxygens (including phenoxy) is 2. The van der Waals surface area contributed by atoms with Crippen LogP contribution in [-0.4, -0.2) is 39.7 Å². The molecule has 1 atom stereocenters. The van der Waals surface area contributed by atoms with Crippen molar-refractivity contribution < 1.29 is 14.3 Å². The summed E-state index contributed by atoms with van der Waals surface area (Å²) in [4.78, 5) is 21.0. The van der Waals surface area contributed by atoms with E-state index >= 15 is 0 Å². The van der Waals surface area contributed by atoms with Crippen molar-refractivity contribution in [3.05, 3.63) is 61.1 Å². The first-order valence-corrected chi connectivity index (χ1v) is 8.40. The van der Waals surface area contributed by atoms with Crippen LogP contribution in [0, 0.1) is 0 Å². The van der Waals surface area contributed by atoms with Gasteiger partial charge in [0.1, 0.15) is 12.3 Å². The van der Waals surface area contributed by atoms with E-state index in [4.69, 9.17) is 9.47 Å². The number of carbonyl (C=O) groups excluding carboxylic acids is 1. The molecule has 1 aliphatic heterocycles. The van der Waals surface area contributed by atoms with E-state index in [-0.39, 0.29) is 12.5 Å². The SMILES string of the molecule is O=C(NCCn1ccnc1-c1ccccn1)[C@@H]1COc2ccccc2O1. The third kappa shape index (κ3) is 3.37. The molecule has 0 bridgehead atoms. The Balaban J connectivity index is 1.33. The van der Waals surface area contributed by atoms with Crippen molar-refractivity contribution in [3.63, 3.8) is 0 Å². The number of hydrogen-bond acceptors (Lipinski definition) is 5. The summed E-state index contributed by atoms with van der Waals surface area (Å²) in [5, 5.41) is 2.89. The molecule has 0 fully saturated rings. The second kappa shape index (κ2) is 7.26. The van der Waals surface area contributed by atoms with E-state index in [1.165, 1.54) is 0 Å². The van der Waals surface area contributed by atoms with Crippen LogP contribution >= 0.6 is 0 Å². The molecule has 0 spiro atoms. The summed E-state index contributed by atoms with van der Waals surface area (Å²) >= 11 is 0. The van der Waals surface area contributed by atoms with Crippen LogP contribution in [-0.2, 0) is 11.3 Å². The molecule has 0 saturated heterocycles. The molecule has 1 N–H and O–H groups in total. The quantitative estimate of drug-likeness (QED) is 0.760. The van der Waals surface area contributed by atoms with Gasteiger partial charge in [-0.25, -0.2) is 4.98 Å². The van der Waals surface area contributed by atoms with Crippen molar-refractivity contribution in [3.8, 4) is 23.0 Å². The number of nitrogens with zero attached hydrogens (tertiary/aromatic N) is 3. The molecular weight excluding hydrogens is 332 g/mol. The Morgan fingerprint density at radius 1 is 1.12 bits per heavy atom. The van der Waals surface area contributed by atoms with Crippen molar-refractivity contribution in [2.45, 2.75) is 12.6 Å². The van der Waals surface area contributed by atoms with Crippen molar-refractivity contribution in [2.24, 2.45) is 0 Å². The largest absolute Gasteiger partial charge is 0.485 e. The molecule has 3 heterocycles. The number of carbonyl (C=O) groups is 1. The monoisotopic (exact) mass is 350 g/mol. The Hall–Kier alpha value is -3.35. The standard InChI is InChI=1S/C19H18N4O3/c24-19(17-13-25-15-6-1-2-7-16(15)26-17)22-10-12-23-11-9-21-18(23)14-5-3-4-8-20-14/h1-9,11,17H,10,12-13H2,(H,22,24)/t17-/m0/s1. The maximum absolute atomic E-state index is 12.3. The van der Waals surface area contributed by atoms with Gasteiger partial charge in [0, 0.05) is 31.7 Å². The molecule has 132 valence electrons. The molecule has 0 unspecified atom stereocenters. The summed E-state index contributed by atoms with van der Waals surface area (Å²) in [6, 6.07) is 13.0. The van der Waals surface area contributed by atoms with Crippen LogP contribution in [0.5, 0.6) is 11.5 Å². The molecule has 0 aliphatic carbocycles. The minimum Gasteiger partial charge on any atom is -0.485 e. The molecule has 4 rings (SSSR count). The number of rotatable bonds is 5. The maximum Gasteiger partial charge on any atom is 0.264 e. The normalized spacial score (nSPS) is 15.5. The maximum atomic E-state index is 12.3. The summed E-state index contributed by atoms with van der Waals surface area (Å²) in [5.41, 5.74) is 0.796. The molecule has 0 radical (unpaired) electrons. The molecule has 7 nitrogen and oxygen atoms in total. The van der Waals surface area contributed by atoms with Gasteiger partial charge < -0.3 is 19.4 Å². The molecule has 1 amide bonds. The van der Waals surface area contributed by atoms with E-state index < -0.39 is 6.10 Å². The van der Waals surface area contributed by atoms with Crippen LogP contribution in [0.2, 0.25) is 0 Å². The van der Waals surface area contributed by atoms with Gasteiger partial charge in [-0.2, -0.15) is 0 Å². The average Bonchev–Trinajstić information content (AvgIpc) is 3.17. The highest BCUT2D eigenvalue weighted by Gasteiger charge is 2.26. The van der Waals surface area contributed by atoms with Gasteiger partial charge in [0.25, 0.3) is 5.91 Å². The van der Waals surface area contributed by atoms with Gasteiger partial charge in [0.05, 0.1) is 0 Å². The Morgan fingerprint density at radius 3 is 2.81 bits per heavy atom. The first-order chi connectivity index (χ1) is 12.8. The van der Waals surface area contributed by atoms with Gasteiger partial charge in [0.15, 0.2) is 17.3 Å². The van der Waals surface area contributed by atoms with Crippen LogP contribution in [0.3, 0.4) is 0 Å². The van der Waals surface area contributed by atoms with E-state index in [0.717, 1.165) is 11.5 Å². The number of para-hydroxylation sites is 2. The first kappa shape index (κ1) is 16.1. The van der Waals surface area contributed by atoms with E-state index in [2.05, 4.69) is 15.3 Å². The highest BCUT2D eigenvalue weighted by atomic mass is 16.6. The Labute approximate surface area is 150 Å². The summed E-state index contributed by atoms with van der Waals surface area (Å²) in [6.07, 6.45) is 4.67. The molecule has 26 heavy (non-hydrogen) atoms. The third-order valence-electron chi connectivity index (χ3n) is 4.06. The average molecular weight is 350 g/mol. The van der Waals surface area contributed by atoms with E-state index in [1.54, 1.807) is 18.5 Å². The summed E-state index contributed by atoms with van der Waals surface area (Å²) in [6.45, 7) is 1.24. The topological polar surface area (TPSA) is 78.3 Å². The lowest BCUT2D eigenvalue weighted by Gasteiger charge is -2.25. The number of nitrogens with one attached hydrogen (secondary N) is 1. The second-order valence-electron chi connectivity index (χ2n) is 5.81. The van der Waals surface area contributed by atoms with Gasteiger partial charge >= 0.3 is 0 Å². The van der Waals surface area contributed by atoms with Crippen LogP contribution in [0.1, 0.15) is 0 Å². The lowest BCUT2D eigenvalue weighted by Crippen LogP contribution is -2.44. The fraction of sp³-hybridized carbons (Fsp3) is 0.211. The van der Waals surface area contributed by atoms with Gasteiger partial charge in [-0.1, -0.05) is 18.2 Å². The minimum absolute atomic E-state index is 0.195. The van der Waals surface area contributed by atoms with Crippen molar-refractivity contribution in [2.75, 3.05) is 13.2 Å². The summed E-state index contributed by atoms with van der Waals surface area (Å²) < 4.78 is 13.2. The lowest BCUT2D eigenvalue weighted by atomic mass is 10.2. The number of fused-ring (bicyclic) bond motifs is 1. The molecule has 1 aliphatic rings. The zero-order valence-corrected chi connectivity index (χ0v) is 14.0. The van der Waals surface area contributed by atoms with Crippen molar-refractivity contribution >= 4 is 5.91 Å². The molecule has 0 saturated carbocycles. The second-order valence-corrected chi connectivity index (χ2v) is 5.81. The number of imidazole rings is 1. The van der Waals surface area contributed by atoms with E-state index in [9.17, 15) is 4.79 Å². The molecule has 1 aromatic carbocycles. The minimum atomic E-state index is -0.650. The van der Waals surface area contributed by atoms with Gasteiger partial charge in [-0.05, 0) is 24.3 Å². The number of hydrogen-bond donors (Lipinski definition) is 1. The van der Waals surface area contributed by atoms with Crippen LogP contribution in [0.15, 0.2) is 61.1 Å². The summed E-state index contributed by atoms with van der Waals surface area (Å²) in [7, 11) is 0. The van der Waals surface area contributed by atoms with Gasteiger partial charge in [-0.15, -0.1) is 0 Å². The third-order valence-corrected chi connectivity index (χ3v) is 4.06. The highest BCUT2D eigenvalue weighted by molar-refractivity contribution is 5.81. The van der Waals surface area contributed by atoms with Crippen molar-refractivity contribution in [1.29, 1.82) is 0 Å². The Morgan fingerprint density at radius 2 is 1.96 bits per heavy atom. The van der Waals surface area contributed by atoms with Crippen LogP contribution < -0.4 is 14.8 Å². The van der Waals surface area contributed by atoms with Crippen molar-refractivity contribution in [1.82, 2.24) is 19.9 Å². The molecular formula is C19H18N4O3. The fourth-order valence-corrected chi connectivity index (χ4v) is 2.78. The predicted octanol–water partition coefficient (Wildman–Crippen LogP) is 1.90. The summed E-state index contributed by atoms with van der Waals surface area (Å²) in [5.74, 6) is 1.82. The molecule has 2 aromatic heterocycles. The Kier molecular flexibility index (Phi) is 4.51. The Bertz CT molecular complexity index is 895. The molecule has 7 heteroatoms. The predicted molar refractivity (Wildman–Crippen MR) is 94.8 cm³/mol. The highest BCUT2D eigenvalue weighted by Crippen LogP contribution is 2.30. The van der Waals surface area contributed by atoms with Crippen LogP contribution in [0.25, 0.3) is 11.5 Å². The van der Waals surface area contributed by atoms with Gasteiger partial charge in [-0.3, -0.25) is 9.78 Å². The van der Waals surface area contributed by atoms with Gasteiger partial charge in [0.2, 0.25) is 6.10 Å².